The number of amides is 1. The number of H-pyrrole nitrogens is 1. The molecule has 0 aliphatic carbocycles. The summed E-state index contributed by atoms with van der Waals surface area (Å²) in [5.41, 5.74) is 1.52. The van der Waals surface area contributed by atoms with Gasteiger partial charge in [0.25, 0.3) is 5.91 Å². The summed E-state index contributed by atoms with van der Waals surface area (Å²) in [7, 11) is 0. The highest BCUT2D eigenvalue weighted by Gasteiger charge is 2.26. The van der Waals surface area contributed by atoms with Crippen LogP contribution >= 0.6 is 0 Å². The van der Waals surface area contributed by atoms with Gasteiger partial charge in [0, 0.05) is 35.0 Å². The van der Waals surface area contributed by atoms with Gasteiger partial charge >= 0.3 is 5.97 Å². The highest BCUT2D eigenvalue weighted by Crippen LogP contribution is 2.23. The Kier molecular flexibility index (Phi) is 4.54. The number of fused-ring (bicyclic) bond motifs is 1. The van der Waals surface area contributed by atoms with Crippen molar-refractivity contribution in [1.29, 1.82) is 0 Å². The molecule has 7 heteroatoms. The second kappa shape index (κ2) is 6.67. The van der Waals surface area contributed by atoms with Gasteiger partial charge in [-0.1, -0.05) is 44.1 Å². The molecule has 2 aromatic heterocycles. The molecule has 7 nitrogen and oxygen atoms in total. The van der Waals surface area contributed by atoms with Crippen LogP contribution in [0, 0.1) is 0 Å². The summed E-state index contributed by atoms with van der Waals surface area (Å²) in [5.74, 6) is -1.12. The van der Waals surface area contributed by atoms with E-state index in [2.05, 4.69) is 15.5 Å². The first-order valence-corrected chi connectivity index (χ1v) is 8.31. The van der Waals surface area contributed by atoms with Crippen LogP contribution in [0.15, 0.2) is 41.1 Å². The molecule has 0 saturated carbocycles. The number of benzene rings is 1. The molecule has 3 rings (SSSR count). The number of para-hydroxylation sites is 1. The normalized spacial score (nSPS) is 12.9. The number of aromatic nitrogens is 2. The van der Waals surface area contributed by atoms with Crippen molar-refractivity contribution in [3.63, 3.8) is 0 Å². The molecular formula is C19H21N3O4. The van der Waals surface area contributed by atoms with Gasteiger partial charge in [0.05, 0.1) is 0 Å². The number of nitrogens with zero attached hydrogens (tertiary/aromatic N) is 1. The molecule has 1 unspecified atom stereocenters. The summed E-state index contributed by atoms with van der Waals surface area (Å²) < 4.78 is 5.19. The molecule has 1 aromatic carbocycles. The van der Waals surface area contributed by atoms with Gasteiger partial charge in [-0.05, 0) is 11.6 Å². The highest BCUT2D eigenvalue weighted by atomic mass is 16.5. The Bertz CT molecular complexity index is 949. The lowest BCUT2D eigenvalue weighted by Crippen LogP contribution is -2.42. The van der Waals surface area contributed by atoms with Crippen molar-refractivity contribution in [3.8, 4) is 0 Å². The zero-order valence-electron chi connectivity index (χ0n) is 14.9. The first kappa shape index (κ1) is 17.7. The Morgan fingerprint density at radius 2 is 2.04 bits per heavy atom. The van der Waals surface area contributed by atoms with Gasteiger partial charge in [0.15, 0.2) is 5.69 Å². The van der Waals surface area contributed by atoms with Crippen LogP contribution in [0.1, 0.15) is 42.6 Å². The van der Waals surface area contributed by atoms with Gasteiger partial charge in [-0.3, -0.25) is 4.79 Å². The Morgan fingerprint density at radius 3 is 2.69 bits per heavy atom. The fourth-order valence-electron chi connectivity index (χ4n) is 2.69. The third kappa shape index (κ3) is 3.61. The quantitative estimate of drug-likeness (QED) is 0.652. The summed E-state index contributed by atoms with van der Waals surface area (Å²) in [6.45, 7) is 5.81. The number of aliphatic carboxylic acids is 1. The molecule has 2 heterocycles. The van der Waals surface area contributed by atoms with Crippen molar-refractivity contribution in [2.45, 2.75) is 38.6 Å². The van der Waals surface area contributed by atoms with Gasteiger partial charge in [0.1, 0.15) is 11.8 Å². The van der Waals surface area contributed by atoms with E-state index in [4.69, 9.17) is 4.52 Å². The molecule has 0 spiro atoms. The number of carbonyl (C=O) groups is 2. The van der Waals surface area contributed by atoms with Crippen LogP contribution in [-0.4, -0.2) is 33.2 Å². The lowest BCUT2D eigenvalue weighted by Gasteiger charge is -2.13. The average Bonchev–Trinajstić information content (AvgIpc) is 3.21. The molecule has 0 saturated heterocycles. The zero-order valence-corrected chi connectivity index (χ0v) is 14.9. The smallest absolute Gasteiger partial charge is 0.326 e. The lowest BCUT2D eigenvalue weighted by atomic mass is 9.93. The molecule has 0 aliphatic rings. The number of aromatic amines is 1. The number of carbonyl (C=O) groups excluding carboxylic acids is 1. The van der Waals surface area contributed by atoms with E-state index < -0.39 is 17.9 Å². The largest absolute Gasteiger partial charge is 0.480 e. The molecule has 0 aliphatic heterocycles. The summed E-state index contributed by atoms with van der Waals surface area (Å²) in [6, 6.07) is 8.08. The van der Waals surface area contributed by atoms with Crippen molar-refractivity contribution < 1.29 is 19.2 Å². The number of hydrogen-bond donors (Lipinski definition) is 3. The summed E-state index contributed by atoms with van der Waals surface area (Å²) >= 11 is 0. The number of rotatable bonds is 5. The van der Waals surface area contributed by atoms with Crippen LogP contribution in [0.5, 0.6) is 0 Å². The molecule has 0 radical (unpaired) electrons. The van der Waals surface area contributed by atoms with Crippen LogP contribution in [0.4, 0.5) is 0 Å². The third-order valence-corrected chi connectivity index (χ3v) is 4.18. The van der Waals surface area contributed by atoms with Crippen LogP contribution < -0.4 is 5.32 Å². The molecular weight excluding hydrogens is 334 g/mol. The fraction of sp³-hybridized carbons (Fsp3) is 0.316. The van der Waals surface area contributed by atoms with E-state index in [1.165, 1.54) is 0 Å². The summed E-state index contributed by atoms with van der Waals surface area (Å²) in [5, 5.41) is 16.7. The van der Waals surface area contributed by atoms with Crippen LogP contribution in [0.3, 0.4) is 0 Å². The van der Waals surface area contributed by atoms with Crippen LogP contribution in [0.2, 0.25) is 0 Å². The molecule has 0 bridgehead atoms. The van der Waals surface area contributed by atoms with Crippen molar-refractivity contribution in [1.82, 2.24) is 15.5 Å². The minimum absolute atomic E-state index is 0.0695. The van der Waals surface area contributed by atoms with E-state index in [9.17, 15) is 14.7 Å². The minimum Gasteiger partial charge on any atom is -0.480 e. The van der Waals surface area contributed by atoms with Crippen molar-refractivity contribution in [2.75, 3.05) is 0 Å². The van der Waals surface area contributed by atoms with Gasteiger partial charge in [-0.25, -0.2) is 4.79 Å². The maximum Gasteiger partial charge on any atom is 0.326 e. The summed E-state index contributed by atoms with van der Waals surface area (Å²) in [6.07, 6.45) is 1.93. The molecule has 26 heavy (non-hydrogen) atoms. The number of hydrogen-bond acceptors (Lipinski definition) is 4. The van der Waals surface area contributed by atoms with E-state index in [0.29, 0.717) is 5.76 Å². The highest BCUT2D eigenvalue weighted by molar-refractivity contribution is 5.95. The SMILES string of the molecule is CC(C)(C)c1cc(C(=O)NC(Cc2c[nH]c3ccccc23)C(=O)O)no1. The third-order valence-electron chi connectivity index (χ3n) is 4.18. The molecule has 136 valence electrons. The predicted octanol–water partition coefficient (Wildman–Crippen LogP) is 2.88. The second-order valence-corrected chi connectivity index (χ2v) is 7.25. The Hall–Kier alpha value is -3.09. The number of carboxylic acids is 1. The number of carboxylic acid groups (broad SMARTS) is 1. The zero-order chi connectivity index (χ0) is 18.9. The number of nitrogens with one attached hydrogen (secondary N) is 2. The maximum atomic E-state index is 12.4. The topological polar surface area (TPSA) is 108 Å². The molecule has 3 N–H and O–H groups in total. The van der Waals surface area contributed by atoms with E-state index in [0.717, 1.165) is 16.5 Å². The van der Waals surface area contributed by atoms with E-state index >= 15 is 0 Å². The monoisotopic (exact) mass is 355 g/mol. The Balaban J connectivity index is 1.77. The van der Waals surface area contributed by atoms with Crippen molar-refractivity contribution >= 4 is 22.8 Å². The molecule has 3 aromatic rings. The molecule has 1 amide bonds. The maximum absolute atomic E-state index is 12.4. The molecule has 1 atom stereocenters. The van der Waals surface area contributed by atoms with Gasteiger partial charge in [0.2, 0.25) is 0 Å². The minimum atomic E-state index is -1.11. The average molecular weight is 355 g/mol. The lowest BCUT2D eigenvalue weighted by molar-refractivity contribution is -0.139. The second-order valence-electron chi connectivity index (χ2n) is 7.25. The standard InChI is InChI=1S/C19H21N3O4/c1-19(2,3)16-9-14(22-26-16)17(23)21-15(18(24)25)8-11-10-20-13-7-5-4-6-12(11)13/h4-7,9-10,15,20H,8H2,1-3H3,(H,21,23)(H,24,25). The fourth-order valence-corrected chi connectivity index (χ4v) is 2.69. The summed E-state index contributed by atoms with van der Waals surface area (Å²) in [4.78, 5) is 27.1. The predicted molar refractivity (Wildman–Crippen MR) is 96.1 cm³/mol. The van der Waals surface area contributed by atoms with Crippen molar-refractivity contribution in [3.05, 3.63) is 53.5 Å². The van der Waals surface area contributed by atoms with Crippen molar-refractivity contribution in [2.24, 2.45) is 0 Å². The Labute approximate surface area is 150 Å². The van der Waals surface area contributed by atoms with E-state index in [1.54, 1.807) is 12.3 Å². The van der Waals surface area contributed by atoms with Crippen LogP contribution in [-0.2, 0) is 16.6 Å². The van der Waals surface area contributed by atoms with E-state index in [-0.39, 0.29) is 17.5 Å². The van der Waals surface area contributed by atoms with Gasteiger partial charge < -0.3 is 19.9 Å². The van der Waals surface area contributed by atoms with E-state index in [1.807, 2.05) is 45.0 Å². The van der Waals surface area contributed by atoms with Gasteiger partial charge in [-0.15, -0.1) is 0 Å². The van der Waals surface area contributed by atoms with Crippen LogP contribution in [0.25, 0.3) is 10.9 Å². The first-order valence-electron chi connectivity index (χ1n) is 8.31. The van der Waals surface area contributed by atoms with Gasteiger partial charge in [-0.2, -0.15) is 0 Å². The Morgan fingerprint density at radius 1 is 1.31 bits per heavy atom. The molecule has 0 fully saturated rings. The first-order chi connectivity index (χ1) is 12.3.